The molecule has 0 unspecified atom stereocenters. The molecule has 0 aliphatic heterocycles. The molecular weight excluding hydrogens is 285 g/mol. The molecule has 0 bridgehead atoms. The van der Waals surface area contributed by atoms with E-state index < -0.39 is 0 Å². The van der Waals surface area contributed by atoms with Gasteiger partial charge in [0, 0.05) is 33.9 Å². The highest BCUT2D eigenvalue weighted by Gasteiger charge is 2.16. The van der Waals surface area contributed by atoms with Crippen LogP contribution in [0.5, 0.6) is 0 Å². The molecule has 0 fully saturated rings. The largest absolute Gasteiger partial charge is 0.331 e. The van der Waals surface area contributed by atoms with Crippen LogP contribution in [0.4, 0.5) is 4.39 Å². The lowest BCUT2D eigenvalue weighted by atomic mass is 10.1. The van der Waals surface area contributed by atoms with Crippen molar-refractivity contribution in [3.05, 3.63) is 52.7 Å². The van der Waals surface area contributed by atoms with Gasteiger partial charge in [0.15, 0.2) is 0 Å². The number of aryl methyl sites for hydroxylation is 1. The molecule has 1 aromatic carbocycles. The summed E-state index contributed by atoms with van der Waals surface area (Å²) in [6, 6.07) is 5.30. The van der Waals surface area contributed by atoms with Crippen LogP contribution in [-0.4, -0.2) is 16.1 Å². The summed E-state index contributed by atoms with van der Waals surface area (Å²) in [5, 5.41) is 4.10. The number of aromatic nitrogens is 2. The van der Waals surface area contributed by atoms with Gasteiger partial charge in [-0.15, -0.1) is 11.3 Å². The molecule has 110 valence electrons. The number of fused-ring (bicyclic) bond motifs is 1. The Balaban J connectivity index is 2.10. The first kappa shape index (κ1) is 14.2. The minimum Gasteiger partial charge on any atom is -0.331 e. The van der Waals surface area contributed by atoms with Crippen molar-refractivity contribution >= 4 is 21.4 Å². The van der Waals surface area contributed by atoms with Crippen molar-refractivity contribution in [1.82, 2.24) is 14.9 Å². The zero-order valence-electron chi connectivity index (χ0n) is 12.2. The van der Waals surface area contributed by atoms with Gasteiger partial charge in [-0.3, -0.25) is 0 Å². The Labute approximate surface area is 127 Å². The van der Waals surface area contributed by atoms with Crippen LogP contribution in [0, 0.1) is 12.7 Å². The average Bonchev–Trinajstić information content (AvgIpc) is 3.03. The number of halogens is 1. The van der Waals surface area contributed by atoms with Crippen molar-refractivity contribution in [3.63, 3.8) is 0 Å². The third-order valence-electron chi connectivity index (χ3n) is 3.63. The maximum atomic E-state index is 14.3. The van der Waals surface area contributed by atoms with E-state index >= 15 is 0 Å². The summed E-state index contributed by atoms with van der Waals surface area (Å²) in [5.41, 5.74) is 1.06. The molecule has 3 rings (SSSR count). The number of hydrogen-bond acceptors (Lipinski definition) is 3. The zero-order valence-corrected chi connectivity index (χ0v) is 13.0. The molecule has 5 heteroatoms. The Morgan fingerprint density at radius 2 is 2.24 bits per heavy atom. The van der Waals surface area contributed by atoms with Crippen LogP contribution in [-0.2, 0) is 13.1 Å². The van der Waals surface area contributed by atoms with Gasteiger partial charge in [0.25, 0.3) is 0 Å². The summed E-state index contributed by atoms with van der Waals surface area (Å²) in [7, 11) is 0. The van der Waals surface area contributed by atoms with Gasteiger partial charge in [0.2, 0.25) is 0 Å². The average molecular weight is 303 g/mol. The number of thiophene rings is 1. The molecule has 3 aromatic rings. The maximum Gasteiger partial charge on any atom is 0.132 e. The molecule has 2 heterocycles. The third kappa shape index (κ3) is 2.71. The summed E-state index contributed by atoms with van der Waals surface area (Å²) < 4.78 is 17.3. The molecule has 1 N–H and O–H groups in total. The molecule has 0 spiro atoms. The van der Waals surface area contributed by atoms with Crippen LogP contribution in [0.1, 0.15) is 23.2 Å². The van der Waals surface area contributed by atoms with Crippen LogP contribution in [0.25, 0.3) is 10.1 Å². The zero-order chi connectivity index (χ0) is 14.8. The van der Waals surface area contributed by atoms with Crippen molar-refractivity contribution in [1.29, 1.82) is 0 Å². The molecular formula is C16H18FN3S. The first-order chi connectivity index (χ1) is 10.2. The molecule has 0 amide bonds. The summed E-state index contributed by atoms with van der Waals surface area (Å²) in [5.74, 6) is 0.805. The Bertz CT molecular complexity index is 760. The number of imidazole rings is 1. The summed E-state index contributed by atoms with van der Waals surface area (Å²) in [6.07, 6.45) is 3.72. The van der Waals surface area contributed by atoms with E-state index in [4.69, 9.17) is 0 Å². The smallest absolute Gasteiger partial charge is 0.132 e. The highest BCUT2D eigenvalue weighted by molar-refractivity contribution is 7.19. The van der Waals surface area contributed by atoms with Gasteiger partial charge in [-0.05, 0) is 31.2 Å². The van der Waals surface area contributed by atoms with Gasteiger partial charge < -0.3 is 9.88 Å². The maximum absolute atomic E-state index is 14.3. The standard InChI is InChI=1S/C16H18FN3S/c1-3-18-9-15-12(10-20-8-7-19-11(20)2)16-13(17)5-4-6-14(16)21-15/h4-8,18H,3,9-10H2,1-2H3. The van der Waals surface area contributed by atoms with E-state index in [2.05, 4.69) is 21.8 Å². The second-order valence-electron chi connectivity index (χ2n) is 5.00. The SMILES string of the molecule is CCNCc1sc2cccc(F)c2c1Cn1ccnc1C. The molecule has 0 radical (unpaired) electrons. The monoisotopic (exact) mass is 303 g/mol. The molecule has 0 aliphatic rings. The minimum atomic E-state index is -0.140. The fourth-order valence-corrected chi connectivity index (χ4v) is 3.70. The first-order valence-corrected chi connectivity index (χ1v) is 7.89. The molecule has 0 aliphatic carbocycles. The Morgan fingerprint density at radius 3 is 2.95 bits per heavy atom. The minimum absolute atomic E-state index is 0.140. The van der Waals surface area contributed by atoms with E-state index in [1.807, 2.05) is 19.2 Å². The molecule has 0 atom stereocenters. The quantitative estimate of drug-likeness (QED) is 0.779. The van der Waals surface area contributed by atoms with Gasteiger partial charge in [-0.25, -0.2) is 9.37 Å². The lowest BCUT2D eigenvalue weighted by Gasteiger charge is -2.08. The van der Waals surface area contributed by atoms with Crippen molar-refractivity contribution in [2.24, 2.45) is 0 Å². The lowest BCUT2D eigenvalue weighted by molar-refractivity contribution is 0.637. The molecule has 0 saturated heterocycles. The first-order valence-electron chi connectivity index (χ1n) is 7.08. The van der Waals surface area contributed by atoms with Crippen LogP contribution >= 0.6 is 11.3 Å². The Kier molecular flexibility index (Phi) is 4.03. The fraction of sp³-hybridized carbons (Fsp3) is 0.312. The van der Waals surface area contributed by atoms with Gasteiger partial charge in [0.1, 0.15) is 11.6 Å². The highest BCUT2D eigenvalue weighted by Crippen LogP contribution is 2.34. The Hall–Kier alpha value is -1.72. The third-order valence-corrected chi connectivity index (χ3v) is 4.83. The van der Waals surface area contributed by atoms with Gasteiger partial charge in [-0.2, -0.15) is 0 Å². The van der Waals surface area contributed by atoms with E-state index in [9.17, 15) is 4.39 Å². The summed E-state index contributed by atoms with van der Waals surface area (Å²) in [4.78, 5) is 5.45. The predicted octanol–water partition coefficient (Wildman–Crippen LogP) is 3.70. The van der Waals surface area contributed by atoms with Crippen molar-refractivity contribution in [3.8, 4) is 0 Å². The van der Waals surface area contributed by atoms with Crippen molar-refractivity contribution in [2.75, 3.05) is 6.54 Å². The predicted molar refractivity (Wildman–Crippen MR) is 85.2 cm³/mol. The number of benzene rings is 1. The second kappa shape index (κ2) is 5.95. The lowest BCUT2D eigenvalue weighted by Crippen LogP contribution is -2.13. The molecule has 21 heavy (non-hydrogen) atoms. The van der Waals surface area contributed by atoms with Crippen molar-refractivity contribution in [2.45, 2.75) is 26.9 Å². The summed E-state index contributed by atoms with van der Waals surface area (Å²) in [6.45, 7) is 6.38. The van der Waals surface area contributed by atoms with E-state index in [0.717, 1.165) is 34.6 Å². The highest BCUT2D eigenvalue weighted by atomic mass is 32.1. The van der Waals surface area contributed by atoms with Gasteiger partial charge in [-0.1, -0.05) is 13.0 Å². The molecule has 2 aromatic heterocycles. The van der Waals surface area contributed by atoms with Crippen LogP contribution in [0.2, 0.25) is 0 Å². The summed E-state index contributed by atoms with van der Waals surface area (Å²) >= 11 is 1.67. The topological polar surface area (TPSA) is 29.9 Å². The number of hydrogen-bond donors (Lipinski definition) is 1. The fourth-order valence-electron chi connectivity index (χ4n) is 2.51. The van der Waals surface area contributed by atoms with Crippen LogP contribution in [0.15, 0.2) is 30.6 Å². The Morgan fingerprint density at radius 1 is 1.38 bits per heavy atom. The molecule has 0 saturated carbocycles. The van der Waals surface area contributed by atoms with Gasteiger partial charge >= 0.3 is 0 Å². The number of nitrogens with one attached hydrogen (secondary N) is 1. The van der Waals surface area contributed by atoms with Crippen LogP contribution < -0.4 is 5.32 Å². The van der Waals surface area contributed by atoms with Crippen LogP contribution in [0.3, 0.4) is 0 Å². The van der Waals surface area contributed by atoms with E-state index in [-0.39, 0.29) is 5.82 Å². The van der Waals surface area contributed by atoms with E-state index in [0.29, 0.717) is 6.54 Å². The van der Waals surface area contributed by atoms with E-state index in [1.54, 1.807) is 23.6 Å². The van der Waals surface area contributed by atoms with Gasteiger partial charge in [0.05, 0.1) is 6.54 Å². The van der Waals surface area contributed by atoms with E-state index in [1.165, 1.54) is 10.9 Å². The van der Waals surface area contributed by atoms with Crippen molar-refractivity contribution < 1.29 is 4.39 Å². The molecule has 3 nitrogen and oxygen atoms in total. The second-order valence-corrected chi connectivity index (χ2v) is 6.14. The number of rotatable bonds is 5. The number of nitrogens with zero attached hydrogens (tertiary/aromatic N) is 2. The normalized spacial score (nSPS) is 11.4.